The van der Waals surface area contributed by atoms with Crippen LogP contribution in [0.4, 0.5) is 0 Å². The van der Waals surface area contributed by atoms with Gasteiger partial charge in [-0.1, -0.05) is 12.1 Å². The first-order valence-electron chi connectivity index (χ1n) is 10.1. The zero-order chi connectivity index (χ0) is 19.4. The van der Waals surface area contributed by atoms with Gasteiger partial charge in [-0.3, -0.25) is 14.7 Å². The summed E-state index contributed by atoms with van der Waals surface area (Å²) in [5.74, 6) is 0.497. The molecule has 0 bridgehead atoms. The highest BCUT2D eigenvalue weighted by molar-refractivity contribution is 5.92. The number of nitrogens with zero attached hydrogens (tertiary/aromatic N) is 4. The van der Waals surface area contributed by atoms with E-state index in [0.717, 1.165) is 44.8 Å². The van der Waals surface area contributed by atoms with Crippen molar-refractivity contribution in [2.24, 2.45) is 5.41 Å². The van der Waals surface area contributed by atoms with Crippen molar-refractivity contribution in [1.82, 2.24) is 19.8 Å². The van der Waals surface area contributed by atoms with Crippen molar-refractivity contribution in [3.05, 3.63) is 54.0 Å². The zero-order valence-corrected chi connectivity index (χ0v) is 16.5. The topological polar surface area (TPSA) is 58.6 Å². The van der Waals surface area contributed by atoms with Gasteiger partial charge >= 0.3 is 0 Å². The summed E-state index contributed by atoms with van der Waals surface area (Å²) in [6.07, 6.45) is 6.44. The predicted octanol–water partition coefficient (Wildman–Crippen LogP) is 3.00. The van der Waals surface area contributed by atoms with Crippen molar-refractivity contribution in [3.8, 4) is 5.88 Å². The molecule has 148 valence electrons. The molecule has 28 heavy (non-hydrogen) atoms. The minimum atomic E-state index is 0.0137. The lowest BCUT2D eigenvalue weighted by Gasteiger charge is -2.48. The summed E-state index contributed by atoms with van der Waals surface area (Å²) >= 11 is 0. The molecule has 0 aliphatic carbocycles. The molecule has 1 unspecified atom stereocenters. The minimum absolute atomic E-state index is 0.0137. The van der Waals surface area contributed by atoms with E-state index >= 15 is 0 Å². The maximum Gasteiger partial charge on any atom is 0.272 e. The molecule has 2 aliphatic rings. The summed E-state index contributed by atoms with van der Waals surface area (Å²) in [6, 6.07) is 11.5. The molecule has 0 aromatic carbocycles. The van der Waals surface area contributed by atoms with E-state index in [0.29, 0.717) is 11.6 Å². The number of carbonyl (C=O) groups excluding carboxylic acids is 1. The molecule has 2 aromatic heterocycles. The lowest BCUT2D eigenvalue weighted by atomic mass is 9.73. The number of hydrogen-bond donors (Lipinski definition) is 0. The monoisotopic (exact) mass is 380 g/mol. The van der Waals surface area contributed by atoms with Crippen molar-refractivity contribution in [2.45, 2.75) is 32.2 Å². The van der Waals surface area contributed by atoms with Gasteiger partial charge in [0.1, 0.15) is 5.69 Å². The third-order valence-electron chi connectivity index (χ3n) is 5.95. The van der Waals surface area contributed by atoms with Gasteiger partial charge in [0.05, 0.1) is 12.8 Å². The molecule has 0 N–H and O–H groups in total. The Balaban J connectivity index is 1.45. The summed E-state index contributed by atoms with van der Waals surface area (Å²) < 4.78 is 5.18. The Hall–Kier alpha value is -2.47. The van der Waals surface area contributed by atoms with Gasteiger partial charge in [0.25, 0.3) is 5.91 Å². The van der Waals surface area contributed by atoms with Crippen molar-refractivity contribution >= 4 is 5.91 Å². The molecule has 0 saturated carbocycles. The highest BCUT2D eigenvalue weighted by Crippen LogP contribution is 2.39. The first-order chi connectivity index (χ1) is 13.7. The molecular weight excluding hydrogens is 352 g/mol. The van der Waals surface area contributed by atoms with Crippen LogP contribution in [-0.2, 0) is 6.54 Å². The smallest absolute Gasteiger partial charge is 0.272 e. The Morgan fingerprint density at radius 1 is 1.11 bits per heavy atom. The maximum absolute atomic E-state index is 13.1. The van der Waals surface area contributed by atoms with Crippen LogP contribution < -0.4 is 4.74 Å². The molecule has 1 spiro atoms. The molecule has 4 rings (SSSR count). The summed E-state index contributed by atoms with van der Waals surface area (Å²) in [5, 5.41) is 0. The van der Waals surface area contributed by atoms with Gasteiger partial charge in [0, 0.05) is 43.9 Å². The lowest BCUT2D eigenvalue weighted by Crippen LogP contribution is -2.53. The predicted molar refractivity (Wildman–Crippen MR) is 107 cm³/mol. The number of ether oxygens (including phenoxy) is 1. The van der Waals surface area contributed by atoms with Crippen molar-refractivity contribution in [1.29, 1.82) is 0 Å². The SMILES string of the molecule is COc1cccc(C(=O)N2CCCC3(CCCN(Cc4ccccn4)C3)C2)n1. The number of methoxy groups -OCH3 is 1. The van der Waals surface area contributed by atoms with Crippen LogP contribution in [0.3, 0.4) is 0 Å². The van der Waals surface area contributed by atoms with E-state index in [2.05, 4.69) is 20.9 Å². The van der Waals surface area contributed by atoms with E-state index in [9.17, 15) is 4.79 Å². The molecule has 2 aliphatic heterocycles. The molecular formula is C22H28N4O2. The fraction of sp³-hybridized carbons (Fsp3) is 0.500. The largest absolute Gasteiger partial charge is 0.481 e. The van der Waals surface area contributed by atoms with Crippen molar-refractivity contribution < 1.29 is 9.53 Å². The Bertz CT molecular complexity index is 809. The standard InChI is InChI=1S/C22H28N4O2/c1-28-20-9-4-8-19(24-20)21(27)26-14-6-11-22(17-26)10-5-13-25(16-22)15-18-7-2-3-12-23-18/h2-4,7-9,12H,5-6,10-11,13-17H2,1H3. The van der Waals surface area contributed by atoms with Gasteiger partial charge in [-0.25, -0.2) is 4.98 Å². The number of amides is 1. The van der Waals surface area contributed by atoms with Gasteiger partial charge in [-0.05, 0) is 50.4 Å². The maximum atomic E-state index is 13.1. The summed E-state index contributed by atoms with van der Waals surface area (Å²) in [6.45, 7) is 4.62. The summed E-state index contributed by atoms with van der Waals surface area (Å²) in [7, 11) is 1.57. The van der Waals surface area contributed by atoms with Gasteiger partial charge in [-0.15, -0.1) is 0 Å². The molecule has 0 radical (unpaired) electrons. The minimum Gasteiger partial charge on any atom is -0.481 e. The van der Waals surface area contributed by atoms with E-state index in [4.69, 9.17) is 4.74 Å². The van der Waals surface area contributed by atoms with Crippen LogP contribution in [0, 0.1) is 5.41 Å². The highest BCUT2D eigenvalue weighted by atomic mass is 16.5. The number of carbonyl (C=O) groups is 1. The third-order valence-corrected chi connectivity index (χ3v) is 5.95. The molecule has 2 saturated heterocycles. The van der Waals surface area contributed by atoms with Crippen LogP contribution in [0.5, 0.6) is 5.88 Å². The molecule has 1 amide bonds. The van der Waals surface area contributed by atoms with Crippen LogP contribution in [0.1, 0.15) is 41.9 Å². The number of hydrogen-bond acceptors (Lipinski definition) is 5. The Kier molecular flexibility index (Phi) is 5.57. The fourth-order valence-electron chi connectivity index (χ4n) is 4.69. The first kappa shape index (κ1) is 18.9. The number of likely N-dealkylation sites (tertiary alicyclic amines) is 2. The number of piperidine rings is 2. The average molecular weight is 380 g/mol. The number of pyridine rings is 2. The van der Waals surface area contributed by atoms with Crippen LogP contribution in [0.15, 0.2) is 42.6 Å². The third kappa shape index (κ3) is 4.17. The molecule has 1 atom stereocenters. The molecule has 6 nitrogen and oxygen atoms in total. The zero-order valence-electron chi connectivity index (χ0n) is 16.5. The average Bonchev–Trinajstić information content (AvgIpc) is 2.74. The molecule has 2 fully saturated rings. The quantitative estimate of drug-likeness (QED) is 0.816. The Labute approximate surface area is 166 Å². The number of rotatable bonds is 4. The fourth-order valence-corrected chi connectivity index (χ4v) is 4.69. The van der Waals surface area contributed by atoms with Gasteiger partial charge in [0.15, 0.2) is 0 Å². The van der Waals surface area contributed by atoms with E-state index < -0.39 is 0 Å². The molecule has 6 heteroatoms. The first-order valence-corrected chi connectivity index (χ1v) is 10.1. The number of aromatic nitrogens is 2. The Morgan fingerprint density at radius 2 is 1.96 bits per heavy atom. The van der Waals surface area contributed by atoms with E-state index in [1.807, 2.05) is 29.3 Å². The van der Waals surface area contributed by atoms with Crippen LogP contribution >= 0.6 is 0 Å². The molecule has 2 aromatic rings. The van der Waals surface area contributed by atoms with Crippen LogP contribution in [0.25, 0.3) is 0 Å². The van der Waals surface area contributed by atoms with E-state index in [1.54, 1.807) is 19.2 Å². The van der Waals surface area contributed by atoms with Crippen LogP contribution in [-0.4, -0.2) is 59.0 Å². The van der Waals surface area contributed by atoms with Gasteiger partial charge in [0.2, 0.25) is 5.88 Å². The highest BCUT2D eigenvalue weighted by Gasteiger charge is 2.40. The van der Waals surface area contributed by atoms with E-state index in [1.165, 1.54) is 19.3 Å². The molecule has 4 heterocycles. The second-order valence-corrected chi connectivity index (χ2v) is 8.03. The lowest BCUT2D eigenvalue weighted by molar-refractivity contribution is 0.0107. The van der Waals surface area contributed by atoms with Crippen LogP contribution in [0.2, 0.25) is 0 Å². The summed E-state index contributed by atoms with van der Waals surface area (Å²) in [5.41, 5.74) is 1.77. The van der Waals surface area contributed by atoms with Gasteiger partial charge in [-0.2, -0.15) is 0 Å². The van der Waals surface area contributed by atoms with Crippen molar-refractivity contribution in [2.75, 3.05) is 33.3 Å². The second-order valence-electron chi connectivity index (χ2n) is 8.03. The Morgan fingerprint density at radius 3 is 2.75 bits per heavy atom. The summed E-state index contributed by atoms with van der Waals surface area (Å²) in [4.78, 5) is 26.4. The second kappa shape index (κ2) is 8.27. The normalized spacial score (nSPS) is 23.0. The van der Waals surface area contributed by atoms with E-state index in [-0.39, 0.29) is 11.3 Å². The van der Waals surface area contributed by atoms with Gasteiger partial charge < -0.3 is 9.64 Å². The van der Waals surface area contributed by atoms with Crippen molar-refractivity contribution in [3.63, 3.8) is 0 Å².